The monoisotopic (exact) mass is 411 g/mol. The highest BCUT2D eigenvalue weighted by atomic mass is 32.2. The summed E-state index contributed by atoms with van der Waals surface area (Å²) in [6, 6.07) is 7.59. The summed E-state index contributed by atoms with van der Waals surface area (Å²) < 4.78 is 5.27. The minimum Gasteiger partial charge on any atom is -0.497 e. The number of Topliss-reactive ketones (excluding diaryl/α,β-unsaturated/α-hetero) is 1. The normalized spacial score (nSPS) is 20.3. The van der Waals surface area contributed by atoms with Crippen LogP contribution in [0.2, 0.25) is 0 Å². The largest absolute Gasteiger partial charge is 0.497 e. The molecule has 29 heavy (non-hydrogen) atoms. The van der Waals surface area contributed by atoms with E-state index in [2.05, 4.69) is 23.3 Å². The van der Waals surface area contributed by atoms with Gasteiger partial charge in [-0.05, 0) is 30.5 Å². The molecule has 0 unspecified atom stereocenters. The fraction of sp³-hybridized carbons (Fsp3) is 0.409. The van der Waals surface area contributed by atoms with Crippen molar-refractivity contribution in [2.75, 3.05) is 18.2 Å². The van der Waals surface area contributed by atoms with Gasteiger partial charge >= 0.3 is 0 Å². The molecule has 0 fully saturated rings. The van der Waals surface area contributed by atoms with E-state index in [-0.39, 0.29) is 23.2 Å². The molecule has 0 amide bonds. The fourth-order valence-corrected chi connectivity index (χ4v) is 4.97. The van der Waals surface area contributed by atoms with Gasteiger partial charge in [0.1, 0.15) is 17.4 Å². The number of aromatic amines is 1. The number of allylic oxidation sites excluding steroid dienone is 2. The van der Waals surface area contributed by atoms with E-state index in [1.165, 1.54) is 0 Å². The molecule has 0 bridgehead atoms. The third-order valence-electron chi connectivity index (χ3n) is 5.49. The van der Waals surface area contributed by atoms with Crippen LogP contribution in [0.25, 0.3) is 0 Å². The first kappa shape index (κ1) is 19.8. The van der Waals surface area contributed by atoms with Crippen molar-refractivity contribution >= 4 is 23.4 Å². The lowest BCUT2D eigenvalue weighted by Gasteiger charge is -2.36. The number of rotatable bonds is 6. The first-order valence-electron chi connectivity index (χ1n) is 10.0. The number of fused-ring (bicyclic) bond motifs is 2. The number of ether oxygens (including phenoxy) is 1. The molecular formula is C22H25N3O3S. The number of nitrogens with zero attached hydrogens (tertiary/aromatic N) is 1. The first-order chi connectivity index (χ1) is 14.1. The lowest BCUT2D eigenvalue weighted by Crippen LogP contribution is -2.38. The van der Waals surface area contributed by atoms with Crippen LogP contribution < -0.4 is 15.6 Å². The van der Waals surface area contributed by atoms with E-state index >= 15 is 0 Å². The molecular weight excluding hydrogens is 386 g/mol. The van der Waals surface area contributed by atoms with Crippen LogP contribution in [-0.4, -0.2) is 28.6 Å². The van der Waals surface area contributed by atoms with Crippen molar-refractivity contribution in [3.63, 3.8) is 0 Å². The zero-order valence-corrected chi connectivity index (χ0v) is 17.5. The molecule has 1 aliphatic carbocycles. The summed E-state index contributed by atoms with van der Waals surface area (Å²) >= 11 is 1.55. The Morgan fingerprint density at radius 2 is 2.00 bits per heavy atom. The summed E-state index contributed by atoms with van der Waals surface area (Å²) in [5, 5.41) is 3.91. The van der Waals surface area contributed by atoms with Gasteiger partial charge < -0.3 is 15.0 Å². The van der Waals surface area contributed by atoms with E-state index in [0.717, 1.165) is 35.6 Å². The van der Waals surface area contributed by atoms with Crippen LogP contribution in [0.1, 0.15) is 49.7 Å². The molecule has 152 valence electrons. The number of ketones is 1. The van der Waals surface area contributed by atoms with Crippen LogP contribution in [0, 0.1) is 5.92 Å². The van der Waals surface area contributed by atoms with Gasteiger partial charge in [0.15, 0.2) is 5.16 Å². The number of H-pyrrole nitrogens is 1. The van der Waals surface area contributed by atoms with Crippen LogP contribution in [-0.2, 0) is 4.79 Å². The highest BCUT2D eigenvalue weighted by Gasteiger charge is 2.42. The van der Waals surface area contributed by atoms with Crippen LogP contribution >= 0.6 is 11.8 Å². The van der Waals surface area contributed by atoms with E-state index in [1.807, 2.05) is 24.3 Å². The smallest absolute Gasteiger partial charge is 0.257 e. The summed E-state index contributed by atoms with van der Waals surface area (Å²) in [6.45, 7) is 2.14. The van der Waals surface area contributed by atoms with Crippen molar-refractivity contribution in [1.82, 2.24) is 9.97 Å². The summed E-state index contributed by atoms with van der Waals surface area (Å²) in [6.07, 6.45) is 5.43. The van der Waals surface area contributed by atoms with Crippen molar-refractivity contribution in [1.29, 1.82) is 0 Å². The molecule has 2 atom stereocenters. The van der Waals surface area contributed by atoms with Gasteiger partial charge in [0, 0.05) is 23.8 Å². The van der Waals surface area contributed by atoms with Crippen LogP contribution in [0.4, 0.5) is 5.82 Å². The molecule has 0 saturated carbocycles. The predicted octanol–water partition coefficient (Wildman–Crippen LogP) is 4.09. The van der Waals surface area contributed by atoms with E-state index in [9.17, 15) is 9.59 Å². The molecule has 0 spiro atoms. The van der Waals surface area contributed by atoms with E-state index < -0.39 is 0 Å². The number of methoxy groups -OCH3 is 1. The van der Waals surface area contributed by atoms with Crippen LogP contribution in [0.3, 0.4) is 0 Å². The van der Waals surface area contributed by atoms with E-state index in [0.29, 0.717) is 29.4 Å². The zero-order chi connectivity index (χ0) is 20.4. The number of benzene rings is 1. The highest BCUT2D eigenvalue weighted by Crippen LogP contribution is 2.45. The number of hydrogen-bond acceptors (Lipinski definition) is 6. The Bertz CT molecular complexity index is 997. The van der Waals surface area contributed by atoms with E-state index in [1.54, 1.807) is 18.9 Å². The standard InChI is InChI=1S/C22H25N3O3S/c1-3-4-12-29-22-24-20-19(21(27)25-22)17(13-8-10-14(28-2)11-9-13)18-15(23-20)6-5-7-16(18)26/h6,8-11,17-18H,3-5,7,12H2,1-2H3,(H2,23,24,25,27)/t17-,18-/m0/s1. The molecule has 0 radical (unpaired) electrons. The maximum Gasteiger partial charge on any atom is 0.257 e. The van der Waals surface area contributed by atoms with Crippen molar-refractivity contribution in [3.05, 3.63) is 57.5 Å². The third-order valence-corrected chi connectivity index (χ3v) is 6.45. The van der Waals surface area contributed by atoms with Crippen LogP contribution in [0.15, 0.2) is 46.0 Å². The molecule has 1 aromatic carbocycles. The summed E-state index contributed by atoms with van der Waals surface area (Å²) in [7, 11) is 1.62. The summed E-state index contributed by atoms with van der Waals surface area (Å²) in [4.78, 5) is 33.6. The average molecular weight is 412 g/mol. The van der Waals surface area contributed by atoms with Gasteiger partial charge in [-0.25, -0.2) is 4.98 Å². The van der Waals surface area contributed by atoms with E-state index in [4.69, 9.17) is 9.72 Å². The molecule has 2 aromatic rings. The Kier molecular flexibility index (Phi) is 5.76. The Balaban J connectivity index is 1.81. The predicted molar refractivity (Wildman–Crippen MR) is 115 cm³/mol. The minimum atomic E-state index is -0.383. The van der Waals surface area contributed by atoms with Crippen molar-refractivity contribution in [3.8, 4) is 5.75 Å². The first-order valence-corrected chi connectivity index (χ1v) is 11.0. The molecule has 2 aliphatic rings. The van der Waals surface area contributed by atoms with Gasteiger partial charge in [-0.3, -0.25) is 9.59 Å². The fourth-order valence-electron chi connectivity index (χ4n) is 4.02. The maximum absolute atomic E-state index is 13.1. The molecule has 4 rings (SSSR count). The van der Waals surface area contributed by atoms with Crippen LogP contribution in [0.5, 0.6) is 5.75 Å². The molecule has 7 heteroatoms. The number of thioether (sulfide) groups is 1. The quantitative estimate of drug-likeness (QED) is 0.423. The van der Waals surface area contributed by atoms with Gasteiger partial charge in [0.25, 0.3) is 5.56 Å². The molecule has 6 nitrogen and oxygen atoms in total. The number of nitrogens with one attached hydrogen (secondary N) is 2. The molecule has 2 N–H and O–H groups in total. The number of carbonyl (C=O) groups is 1. The SMILES string of the molecule is CCCCSc1nc2c(c(=O)[nH]1)[C@@H](c1ccc(OC)cc1)[C@@H]1C(=O)CCC=C1N2. The number of carbonyl (C=O) groups excluding carboxylic acids is 1. The van der Waals surface area contributed by atoms with Gasteiger partial charge in [0.2, 0.25) is 0 Å². The highest BCUT2D eigenvalue weighted by molar-refractivity contribution is 7.99. The lowest BCUT2D eigenvalue weighted by atomic mass is 9.72. The van der Waals surface area contributed by atoms with Crippen molar-refractivity contribution in [2.24, 2.45) is 5.92 Å². The lowest BCUT2D eigenvalue weighted by molar-refractivity contribution is -0.122. The molecule has 1 aliphatic heterocycles. The molecule has 2 heterocycles. The van der Waals surface area contributed by atoms with Crippen molar-refractivity contribution < 1.29 is 9.53 Å². The molecule has 0 saturated heterocycles. The summed E-state index contributed by atoms with van der Waals surface area (Å²) in [5.41, 5.74) is 2.13. The second-order valence-corrected chi connectivity index (χ2v) is 8.44. The summed E-state index contributed by atoms with van der Waals surface area (Å²) in [5.74, 6) is 1.62. The average Bonchev–Trinajstić information content (AvgIpc) is 2.73. The zero-order valence-electron chi connectivity index (χ0n) is 16.7. The Labute approximate surface area is 174 Å². The second-order valence-electron chi connectivity index (χ2n) is 7.35. The van der Waals surface area contributed by atoms with Gasteiger partial charge in [0.05, 0.1) is 18.6 Å². The number of unbranched alkanes of at least 4 members (excludes halogenated alkanes) is 1. The second kappa shape index (κ2) is 8.45. The maximum atomic E-state index is 13.1. The number of anilines is 1. The van der Waals surface area contributed by atoms with Gasteiger partial charge in [-0.1, -0.05) is 43.3 Å². The van der Waals surface area contributed by atoms with Gasteiger partial charge in [-0.2, -0.15) is 0 Å². The third kappa shape index (κ3) is 3.83. The number of hydrogen-bond donors (Lipinski definition) is 2. The minimum absolute atomic E-state index is 0.155. The number of aromatic nitrogens is 2. The Morgan fingerprint density at radius 3 is 2.72 bits per heavy atom. The van der Waals surface area contributed by atoms with Crippen molar-refractivity contribution in [2.45, 2.75) is 43.7 Å². The van der Waals surface area contributed by atoms with Gasteiger partial charge in [-0.15, -0.1) is 0 Å². The Morgan fingerprint density at radius 1 is 1.21 bits per heavy atom. The topological polar surface area (TPSA) is 84.1 Å². The Hall–Kier alpha value is -2.54. The molecule has 1 aromatic heterocycles.